The van der Waals surface area contributed by atoms with Crippen molar-refractivity contribution < 1.29 is 52.9 Å². The maximum atomic E-state index is 14.9. The van der Waals surface area contributed by atoms with Gasteiger partial charge in [-0.25, -0.2) is 9.78 Å². The summed E-state index contributed by atoms with van der Waals surface area (Å²) in [6, 6.07) is 5.01. The van der Waals surface area contributed by atoms with Crippen LogP contribution in [0, 0.1) is 23.7 Å². The molecule has 1 unspecified atom stereocenters. The van der Waals surface area contributed by atoms with Crippen molar-refractivity contribution in [1.82, 2.24) is 25.4 Å². The number of hydrogen-bond donors (Lipinski definition) is 3. The number of carbonyl (C=O) groups is 7. The van der Waals surface area contributed by atoms with Crippen LogP contribution in [0.5, 0.6) is 5.75 Å². The first-order valence-corrected chi connectivity index (χ1v) is 27.3. The fourth-order valence-corrected chi connectivity index (χ4v) is 10.5. The normalized spacial score (nSPS) is 16.6. The molecule has 0 aliphatic carbocycles. The molecule has 68 heavy (non-hydrogen) atoms. The zero-order valence-electron chi connectivity index (χ0n) is 41.4. The van der Waals surface area contributed by atoms with Crippen LogP contribution in [0.2, 0.25) is 0 Å². The van der Waals surface area contributed by atoms with Crippen LogP contribution in [0.1, 0.15) is 140 Å². The van der Waals surface area contributed by atoms with Crippen molar-refractivity contribution in [2.24, 2.45) is 23.7 Å². The molecular formula is C49H75N5O11S3. The molecule has 7 atom stereocenters. The zero-order valence-corrected chi connectivity index (χ0v) is 43.9. The van der Waals surface area contributed by atoms with Gasteiger partial charge >= 0.3 is 18.0 Å². The Balaban J connectivity index is 1.89. The van der Waals surface area contributed by atoms with Crippen LogP contribution in [0.25, 0.3) is 0 Å². The number of ether oxygens (including phenoxy) is 3. The van der Waals surface area contributed by atoms with E-state index in [9.17, 15) is 38.7 Å². The molecule has 1 aliphatic rings. The zero-order chi connectivity index (χ0) is 50.3. The SMILES string of the molecule is CCCC(=O)OCN(C(=O)[C@@H](CC(=O)[C@H]1CCCCN1C)C(C)CC)[C@H](C[C@@H](OC(C)=O)c1nc(C(=O)N[C@@H](Cc2ccc(O)cc2)C[C@H](C)C(=O)CNC(=O)OCCSSCC)cs1)C(C)C. The van der Waals surface area contributed by atoms with Gasteiger partial charge < -0.3 is 34.9 Å². The number of phenols is 1. The Hall–Kier alpha value is -4.20. The number of aromatic nitrogens is 1. The van der Waals surface area contributed by atoms with Gasteiger partial charge in [0.25, 0.3) is 5.91 Å². The second-order valence-corrected chi connectivity index (χ2v) is 21.7. The highest BCUT2D eigenvalue weighted by atomic mass is 33.1. The summed E-state index contributed by atoms with van der Waals surface area (Å²) in [5.41, 5.74) is 0.838. The van der Waals surface area contributed by atoms with Crippen molar-refractivity contribution in [3.63, 3.8) is 0 Å². The van der Waals surface area contributed by atoms with Crippen LogP contribution in [-0.2, 0) is 44.6 Å². The van der Waals surface area contributed by atoms with Crippen LogP contribution < -0.4 is 10.6 Å². The number of carbonyl (C=O) groups excluding carboxylic acids is 7. The van der Waals surface area contributed by atoms with Crippen LogP contribution in [0.15, 0.2) is 29.6 Å². The number of alkyl carbamates (subject to hydrolysis) is 1. The molecule has 3 rings (SSSR count). The number of esters is 2. The number of Topliss-reactive ketones (excluding diaryl/α,β-unsaturated/α-hetero) is 2. The molecule has 1 saturated heterocycles. The number of likely N-dealkylation sites (tertiary alicyclic amines) is 1. The van der Waals surface area contributed by atoms with E-state index in [1.165, 1.54) is 24.0 Å². The highest BCUT2D eigenvalue weighted by Crippen LogP contribution is 2.34. The van der Waals surface area contributed by atoms with Gasteiger partial charge in [0.05, 0.1) is 12.6 Å². The predicted octanol–water partition coefficient (Wildman–Crippen LogP) is 8.17. The second kappa shape index (κ2) is 30.4. The third-order valence-corrected chi connectivity index (χ3v) is 15.6. The van der Waals surface area contributed by atoms with Crippen molar-refractivity contribution in [3.05, 3.63) is 45.9 Å². The van der Waals surface area contributed by atoms with E-state index in [-0.39, 0.29) is 92.4 Å². The minimum Gasteiger partial charge on any atom is -0.508 e. The van der Waals surface area contributed by atoms with Gasteiger partial charge in [0.15, 0.2) is 24.4 Å². The summed E-state index contributed by atoms with van der Waals surface area (Å²) in [5, 5.41) is 17.3. The van der Waals surface area contributed by atoms with Crippen LogP contribution in [-0.4, -0.2) is 124 Å². The molecule has 1 aliphatic heterocycles. The molecular weight excluding hydrogens is 931 g/mol. The van der Waals surface area contributed by atoms with Gasteiger partial charge in [-0.15, -0.1) is 11.3 Å². The molecule has 19 heteroatoms. The largest absolute Gasteiger partial charge is 0.508 e. The van der Waals surface area contributed by atoms with E-state index in [1.54, 1.807) is 46.0 Å². The second-order valence-electron chi connectivity index (χ2n) is 17.9. The van der Waals surface area contributed by atoms with Gasteiger partial charge in [0.2, 0.25) is 5.91 Å². The van der Waals surface area contributed by atoms with Crippen molar-refractivity contribution in [3.8, 4) is 5.75 Å². The van der Waals surface area contributed by atoms with Gasteiger partial charge in [-0.1, -0.05) is 95.0 Å². The number of aromatic hydroxyl groups is 1. The minimum atomic E-state index is -1.01. The number of piperidine rings is 1. The third kappa shape index (κ3) is 19.7. The van der Waals surface area contributed by atoms with Gasteiger partial charge in [-0.2, -0.15) is 0 Å². The summed E-state index contributed by atoms with van der Waals surface area (Å²) in [6.07, 6.45) is 2.94. The number of rotatable bonds is 30. The Kier molecular flexibility index (Phi) is 26.0. The molecule has 1 fully saturated rings. The molecule has 2 aromatic rings. The predicted molar refractivity (Wildman–Crippen MR) is 267 cm³/mol. The lowest BCUT2D eigenvalue weighted by Crippen LogP contribution is -2.50. The van der Waals surface area contributed by atoms with E-state index < -0.39 is 54.0 Å². The Morgan fingerprint density at radius 1 is 0.985 bits per heavy atom. The van der Waals surface area contributed by atoms with Crippen molar-refractivity contribution in [2.45, 2.75) is 144 Å². The number of thiazole rings is 1. The average Bonchev–Trinajstić information content (AvgIpc) is 3.80. The Bertz CT molecular complexity index is 1930. The van der Waals surface area contributed by atoms with Crippen LogP contribution >= 0.6 is 32.9 Å². The summed E-state index contributed by atoms with van der Waals surface area (Å²) in [6.45, 7) is 15.1. The maximum absolute atomic E-state index is 14.9. The number of benzene rings is 1. The van der Waals surface area contributed by atoms with Gasteiger partial charge in [0.1, 0.15) is 23.1 Å². The molecule has 16 nitrogen and oxygen atoms in total. The van der Waals surface area contributed by atoms with Gasteiger partial charge in [0, 0.05) is 67.0 Å². The molecule has 0 spiro atoms. The summed E-state index contributed by atoms with van der Waals surface area (Å²) in [7, 11) is 5.20. The lowest BCUT2D eigenvalue weighted by molar-refractivity contribution is -0.161. The first-order valence-electron chi connectivity index (χ1n) is 24.0. The monoisotopic (exact) mass is 1010 g/mol. The van der Waals surface area contributed by atoms with Gasteiger partial charge in [-0.3, -0.25) is 33.7 Å². The van der Waals surface area contributed by atoms with E-state index in [4.69, 9.17) is 14.2 Å². The van der Waals surface area contributed by atoms with Crippen LogP contribution in [0.3, 0.4) is 0 Å². The summed E-state index contributed by atoms with van der Waals surface area (Å²) in [5.74, 6) is -2.24. The van der Waals surface area contributed by atoms with Gasteiger partial charge in [-0.05, 0) is 75.2 Å². The van der Waals surface area contributed by atoms with Crippen LogP contribution in [0.4, 0.5) is 4.79 Å². The Labute approximate surface area is 414 Å². The molecule has 0 bridgehead atoms. The smallest absolute Gasteiger partial charge is 0.407 e. The molecule has 0 saturated carbocycles. The standard InChI is InChI=1S/C49H75N5O11S3/c1-10-15-45(59)64-30-54(48(61)38(32(6)11-2)26-42(57)40-16-13-14-21-53(40)9)41(31(4)5)27-44(65-34(8)55)47-52-39(29-66-47)46(60)51-36(25-35-17-19-37(56)20-18-35)24-33(7)43(58)28-50-49(62)63-22-23-68-67-12-3/h17-20,29,31-33,36,38,40-41,44,56H,10-16,21-28,30H2,1-9H3,(H,50,62)(H,51,60)/t32?,33-,36+,38-,40+,41+,44+/m0/s1. The fraction of sp³-hybridized carbons (Fsp3) is 0.673. The Morgan fingerprint density at radius 3 is 2.34 bits per heavy atom. The number of likely N-dealkylation sites (N-methyl/N-ethyl adjacent to an activating group) is 1. The van der Waals surface area contributed by atoms with E-state index in [1.807, 2.05) is 48.6 Å². The molecule has 380 valence electrons. The number of nitrogens with one attached hydrogen (secondary N) is 2. The number of hydrogen-bond acceptors (Lipinski definition) is 16. The Morgan fingerprint density at radius 2 is 1.71 bits per heavy atom. The van der Waals surface area contributed by atoms with E-state index in [2.05, 4.69) is 20.5 Å². The maximum Gasteiger partial charge on any atom is 0.407 e. The summed E-state index contributed by atoms with van der Waals surface area (Å²) >= 11 is 1.11. The molecule has 3 N–H and O–H groups in total. The molecule has 1 aromatic heterocycles. The highest BCUT2D eigenvalue weighted by Gasteiger charge is 2.40. The number of amides is 3. The first kappa shape index (κ1) is 58.1. The lowest BCUT2D eigenvalue weighted by Gasteiger charge is -2.39. The van der Waals surface area contributed by atoms with Crippen molar-refractivity contribution >= 4 is 74.3 Å². The van der Waals surface area contributed by atoms with Crippen molar-refractivity contribution in [1.29, 1.82) is 0 Å². The van der Waals surface area contributed by atoms with E-state index in [0.29, 0.717) is 30.0 Å². The minimum absolute atomic E-state index is 0.00817. The number of phenolic OH excluding ortho intramolecular Hbond substituents is 1. The summed E-state index contributed by atoms with van der Waals surface area (Å²) in [4.78, 5) is 102. The first-order chi connectivity index (χ1) is 32.4. The quantitative estimate of drug-likeness (QED) is 0.0222. The van der Waals surface area contributed by atoms with Crippen molar-refractivity contribution in [2.75, 3.05) is 45.0 Å². The lowest BCUT2D eigenvalue weighted by atomic mass is 9.82. The topological polar surface area (TPSA) is 211 Å². The molecule has 2 heterocycles. The van der Waals surface area contributed by atoms with E-state index >= 15 is 0 Å². The van der Waals surface area contributed by atoms with E-state index in [0.717, 1.165) is 48.5 Å². The molecule has 0 radical (unpaired) electrons. The molecule has 3 amide bonds. The third-order valence-electron chi connectivity index (χ3n) is 12.2. The molecule has 1 aromatic carbocycles. The fourth-order valence-electron chi connectivity index (χ4n) is 8.15. The summed E-state index contributed by atoms with van der Waals surface area (Å²) < 4.78 is 16.8. The number of ketones is 2. The number of nitrogens with zero attached hydrogens (tertiary/aromatic N) is 3. The highest BCUT2D eigenvalue weighted by molar-refractivity contribution is 8.76. The average molecular weight is 1010 g/mol.